The highest BCUT2D eigenvalue weighted by atomic mass is 16.4. The van der Waals surface area contributed by atoms with Crippen molar-refractivity contribution < 1.29 is 14.7 Å². The number of carboxylic acids is 1. The predicted molar refractivity (Wildman–Crippen MR) is 73.6 cm³/mol. The zero-order valence-electron chi connectivity index (χ0n) is 11.8. The van der Waals surface area contributed by atoms with Gasteiger partial charge in [-0.3, -0.25) is 4.68 Å². The molecule has 0 spiro atoms. The number of piperidine rings is 1. The van der Waals surface area contributed by atoms with E-state index in [1.54, 1.807) is 17.9 Å². The van der Waals surface area contributed by atoms with Crippen molar-refractivity contribution in [3.05, 3.63) is 11.9 Å². The predicted octanol–water partition coefficient (Wildman–Crippen LogP) is 1.45. The van der Waals surface area contributed by atoms with Crippen molar-refractivity contribution in [2.45, 2.75) is 38.6 Å². The van der Waals surface area contributed by atoms with Gasteiger partial charge in [0.05, 0.1) is 11.4 Å². The molecule has 1 aromatic rings. The van der Waals surface area contributed by atoms with Gasteiger partial charge in [-0.25, -0.2) is 9.59 Å². The van der Waals surface area contributed by atoms with Crippen LogP contribution in [0.2, 0.25) is 0 Å². The molecule has 0 radical (unpaired) electrons. The lowest BCUT2D eigenvalue weighted by Crippen LogP contribution is -2.49. The number of anilines is 1. The average molecular weight is 280 g/mol. The lowest BCUT2D eigenvalue weighted by atomic mass is 10.0. The summed E-state index contributed by atoms with van der Waals surface area (Å²) in [5, 5.41) is 16.2. The van der Waals surface area contributed by atoms with Crippen molar-refractivity contribution in [3.63, 3.8) is 0 Å². The van der Waals surface area contributed by atoms with E-state index < -0.39 is 12.0 Å². The SMILES string of the molecule is CCc1nn(C)cc1NC(=O)N1CCCCC1C(=O)O. The van der Waals surface area contributed by atoms with Gasteiger partial charge in [0.2, 0.25) is 0 Å². The molecule has 1 unspecified atom stereocenters. The Morgan fingerprint density at radius 3 is 2.90 bits per heavy atom. The fraction of sp³-hybridized carbons (Fsp3) is 0.615. The van der Waals surface area contributed by atoms with E-state index in [0.717, 1.165) is 18.5 Å². The summed E-state index contributed by atoms with van der Waals surface area (Å²) in [4.78, 5) is 24.9. The summed E-state index contributed by atoms with van der Waals surface area (Å²) < 4.78 is 1.64. The smallest absolute Gasteiger partial charge is 0.326 e. The summed E-state index contributed by atoms with van der Waals surface area (Å²) in [5.74, 6) is -0.943. The number of nitrogens with one attached hydrogen (secondary N) is 1. The average Bonchev–Trinajstić information content (AvgIpc) is 2.78. The van der Waals surface area contributed by atoms with Gasteiger partial charge in [0.15, 0.2) is 0 Å². The standard InChI is InChI=1S/C13H20N4O3/c1-3-9-10(8-16(2)15-9)14-13(20)17-7-5-4-6-11(17)12(18)19/h8,11H,3-7H2,1-2H3,(H,14,20)(H,18,19). The molecule has 7 heteroatoms. The van der Waals surface area contributed by atoms with Gasteiger partial charge >= 0.3 is 12.0 Å². The Morgan fingerprint density at radius 1 is 1.50 bits per heavy atom. The number of rotatable bonds is 3. The zero-order valence-corrected chi connectivity index (χ0v) is 11.8. The van der Waals surface area contributed by atoms with E-state index >= 15 is 0 Å². The van der Waals surface area contributed by atoms with Gasteiger partial charge in [-0.1, -0.05) is 6.92 Å². The second kappa shape index (κ2) is 5.94. The number of carbonyl (C=O) groups excluding carboxylic acids is 1. The number of aryl methyl sites for hydroxylation is 2. The molecule has 2 heterocycles. The number of amides is 2. The summed E-state index contributed by atoms with van der Waals surface area (Å²) in [5.41, 5.74) is 1.44. The van der Waals surface area contributed by atoms with Gasteiger partial charge in [-0.05, 0) is 25.7 Å². The van der Waals surface area contributed by atoms with Crippen LogP contribution in [0.5, 0.6) is 0 Å². The van der Waals surface area contributed by atoms with Crippen LogP contribution in [0.25, 0.3) is 0 Å². The number of carboxylic acid groups (broad SMARTS) is 1. The zero-order chi connectivity index (χ0) is 14.7. The molecule has 110 valence electrons. The summed E-state index contributed by atoms with van der Waals surface area (Å²) in [6.07, 6.45) is 4.63. The second-order valence-corrected chi connectivity index (χ2v) is 4.99. The highest BCUT2D eigenvalue weighted by Crippen LogP contribution is 2.20. The molecule has 7 nitrogen and oxygen atoms in total. The highest BCUT2D eigenvalue weighted by molar-refractivity contribution is 5.92. The number of hydrogen-bond donors (Lipinski definition) is 2. The van der Waals surface area contributed by atoms with Crippen LogP contribution in [-0.2, 0) is 18.3 Å². The third-order valence-corrected chi connectivity index (χ3v) is 3.53. The number of aliphatic carboxylic acids is 1. The maximum atomic E-state index is 12.3. The Kier molecular flexibility index (Phi) is 4.26. The maximum Gasteiger partial charge on any atom is 0.326 e. The van der Waals surface area contributed by atoms with E-state index in [0.29, 0.717) is 25.1 Å². The van der Waals surface area contributed by atoms with Gasteiger partial charge in [0.25, 0.3) is 0 Å². The lowest BCUT2D eigenvalue weighted by Gasteiger charge is -2.32. The number of urea groups is 1. The number of aromatic nitrogens is 2. The fourth-order valence-corrected chi connectivity index (χ4v) is 2.52. The molecule has 1 fully saturated rings. The molecule has 0 aliphatic carbocycles. The van der Waals surface area contributed by atoms with Crippen LogP contribution < -0.4 is 5.32 Å². The lowest BCUT2D eigenvalue weighted by molar-refractivity contribution is -0.143. The van der Waals surface area contributed by atoms with Crippen LogP contribution in [-0.4, -0.2) is 44.4 Å². The van der Waals surface area contributed by atoms with Gasteiger partial charge in [-0.2, -0.15) is 5.10 Å². The van der Waals surface area contributed by atoms with Gasteiger partial charge in [0.1, 0.15) is 6.04 Å². The van der Waals surface area contributed by atoms with Crippen LogP contribution in [0.3, 0.4) is 0 Å². The van der Waals surface area contributed by atoms with E-state index in [1.165, 1.54) is 4.90 Å². The van der Waals surface area contributed by atoms with Crippen LogP contribution in [0, 0.1) is 0 Å². The third-order valence-electron chi connectivity index (χ3n) is 3.53. The van der Waals surface area contributed by atoms with Gasteiger partial charge in [0, 0.05) is 19.8 Å². The molecule has 2 N–H and O–H groups in total. The summed E-state index contributed by atoms with van der Waals surface area (Å²) in [7, 11) is 1.79. The molecule has 1 aromatic heterocycles. The molecule has 0 saturated carbocycles. The molecular formula is C13H20N4O3. The first-order chi connectivity index (χ1) is 9.52. The molecular weight excluding hydrogens is 260 g/mol. The van der Waals surface area contributed by atoms with Gasteiger partial charge in [-0.15, -0.1) is 0 Å². The van der Waals surface area contributed by atoms with Crippen molar-refractivity contribution in [3.8, 4) is 0 Å². The summed E-state index contributed by atoms with van der Waals surface area (Å²) >= 11 is 0. The Balaban J connectivity index is 2.11. The molecule has 0 aromatic carbocycles. The van der Waals surface area contributed by atoms with E-state index in [-0.39, 0.29) is 6.03 Å². The fourth-order valence-electron chi connectivity index (χ4n) is 2.52. The van der Waals surface area contributed by atoms with Gasteiger partial charge < -0.3 is 15.3 Å². The van der Waals surface area contributed by atoms with E-state index in [2.05, 4.69) is 10.4 Å². The molecule has 1 atom stereocenters. The minimum atomic E-state index is -0.943. The van der Waals surface area contributed by atoms with Crippen molar-refractivity contribution in [2.24, 2.45) is 7.05 Å². The molecule has 1 aliphatic rings. The summed E-state index contributed by atoms with van der Waals surface area (Å²) in [6, 6.07) is -1.09. The van der Waals surface area contributed by atoms with Crippen molar-refractivity contribution >= 4 is 17.7 Å². The molecule has 20 heavy (non-hydrogen) atoms. The number of likely N-dealkylation sites (tertiary alicyclic amines) is 1. The van der Waals surface area contributed by atoms with Crippen molar-refractivity contribution in [1.29, 1.82) is 0 Å². The molecule has 0 bridgehead atoms. The van der Waals surface area contributed by atoms with Crippen molar-refractivity contribution in [1.82, 2.24) is 14.7 Å². The Morgan fingerprint density at radius 2 is 2.25 bits per heavy atom. The Hall–Kier alpha value is -2.05. The minimum Gasteiger partial charge on any atom is -0.480 e. The number of carbonyl (C=O) groups is 2. The Labute approximate surface area is 117 Å². The van der Waals surface area contributed by atoms with Crippen LogP contribution >= 0.6 is 0 Å². The first-order valence-corrected chi connectivity index (χ1v) is 6.86. The largest absolute Gasteiger partial charge is 0.480 e. The first-order valence-electron chi connectivity index (χ1n) is 6.86. The van der Waals surface area contributed by atoms with E-state index in [9.17, 15) is 14.7 Å². The maximum absolute atomic E-state index is 12.3. The number of nitrogens with zero attached hydrogens (tertiary/aromatic N) is 3. The quantitative estimate of drug-likeness (QED) is 0.877. The van der Waals surface area contributed by atoms with Crippen LogP contribution in [0.4, 0.5) is 10.5 Å². The van der Waals surface area contributed by atoms with E-state index in [4.69, 9.17) is 0 Å². The highest BCUT2D eigenvalue weighted by Gasteiger charge is 2.32. The third kappa shape index (κ3) is 2.92. The first kappa shape index (κ1) is 14.4. The molecule has 1 aliphatic heterocycles. The topological polar surface area (TPSA) is 87.5 Å². The number of hydrogen-bond acceptors (Lipinski definition) is 3. The summed E-state index contributed by atoms with van der Waals surface area (Å²) in [6.45, 7) is 2.43. The van der Waals surface area contributed by atoms with Crippen LogP contribution in [0.1, 0.15) is 31.9 Å². The van der Waals surface area contributed by atoms with Crippen LogP contribution in [0.15, 0.2) is 6.20 Å². The minimum absolute atomic E-state index is 0.361. The van der Waals surface area contributed by atoms with Crippen molar-refractivity contribution in [2.75, 3.05) is 11.9 Å². The molecule has 1 saturated heterocycles. The Bertz CT molecular complexity index is 512. The second-order valence-electron chi connectivity index (χ2n) is 4.99. The van der Waals surface area contributed by atoms with E-state index in [1.807, 2.05) is 6.92 Å². The molecule has 2 rings (SSSR count). The molecule has 2 amide bonds. The monoisotopic (exact) mass is 280 g/mol. The normalized spacial score (nSPS) is 18.9.